The third-order valence-corrected chi connectivity index (χ3v) is 6.34. The summed E-state index contributed by atoms with van der Waals surface area (Å²) in [6, 6.07) is 0. The Labute approximate surface area is 168 Å². The molecule has 0 atom stereocenters. The van der Waals surface area contributed by atoms with Gasteiger partial charge in [-0.3, -0.25) is 4.79 Å². The smallest absolute Gasteiger partial charge is 0.168 e. The molecule has 0 unspecified atom stereocenters. The average molecular weight is 381 g/mol. The van der Waals surface area contributed by atoms with Crippen molar-refractivity contribution in [2.24, 2.45) is 0 Å². The normalized spacial score (nSPS) is 26.3. The molecule has 2 aliphatic rings. The highest BCUT2D eigenvalue weighted by atomic mass is 16.7. The van der Waals surface area contributed by atoms with Gasteiger partial charge in [-0.15, -0.1) is 0 Å². The lowest BCUT2D eigenvalue weighted by atomic mass is 9.98. The Balaban J connectivity index is 1.67. The number of carbonyl (C=O) groups excluding carboxylic acids is 1. The molecule has 0 radical (unpaired) electrons. The van der Waals surface area contributed by atoms with Crippen LogP contribution in [0.3, 0.4) is 0 Å². The number of hydrogen-bond donors (Lipinski definition) is 0. The van der Waals surface area contributed by atoms with Gasteiger partial charge in [0.15, 0.2) is 5.79 Å². The van der Waals surface area contributed by atoms with Crippen LogP contribution in [0.25, 0.3) is 0 Å². The van der Waals surface area contributed by atoms with Crippen molar-refractivity contribution in [2.75, 3.05) is 13.2 Å². The molecule has 0 amide bonds. The molecule has 1 saturated heterocycles. The first-order valence-corrected chi connectivity index (χ1v) is 12.1. The van der Waals surface area contributed by atoms with Crippen molar-refractivity contribution >= 4 is 5.78 Å². The zero-order valence-electron chi connectivity index (χ0n) is 17.8. The Morgan fingerprint density at radius 2 is 0.815 bits per heavy atom. The minimum atomic E-state index is -0.246. The minimum Gasteiger partial charge on any atom is -0.348 e. The van der Waals surface area contributed by atoms with Gasteiger partial charge < -0.3 is 9.47 Å². The number of hydrogen-bond acceptors (Lipinski definition) is 3. The van der Waals surface area contributed by atoms with Crippen molar-refractivity contribution in [1.82, 2.24) is 0 Å². The van der Waals surface area contributed by atoms with E-state index < -0.39 is 0 Å². The molecule has 0 aromatic heterocycles. The summed E-state index contributed by atoms with van der Waals surface area (Å²) in [5, 5.41) is 0. The Hall–Kier alpha value is -0.410. The van der Waals surface area contributed by atoms with Gasteiger partial charge in [0.25, 0.3) is 0 Å². The molecule has 0 N–H and O–H groups in total. The molecule has 2 fully saturated rings. The van der Waals surface area contributed by atoms with Crippen molar-refractivity contribution in [2.45, 2.75) is 134 Å². The molecule has 1 aliphatic heterocycles. The lowest BCUT2D eigenvalue weighted by molar-refractivity contribution is -0.168. The number of rotatable bonds is 0. The summed E-state index contributed by atoms with van der Waals surface area (Å²) in [4.78, 5) is 11.9. The highest BCUT2D eigenvalue weighted by Crippen LogP contribution is 2.32. The van der Waals surface area contributed by atoms with Crippen molar-refractivity contribution in [1.29, 1.82) is 0 Å². The van der Waals surface area contributed by atoms with E-state index in [0.29, 0.717) is 5.78 Å². The van der Waals surface area contributed by atoms with Gasteiger partial charge >= 0.3 is 0 Å². The number of ether oxygens (including phenoxy) is 2. The maximum Gasteiger partial charge on any atom is 0.168 e. The van der Waals surface area contributed by atoms with Gasteiger partial charge in [0.2, 0.25) is 0 Å². The van der Waals surface area contributed by atoms with Crippen LogP contribution in [0.15, 0.2) is 0 Å². The van der Waals surface area contributed by atoms with Crippen LogP contribution >= 0.6 is 0 Å². The number of Topliss-reactive ketones (excluding diaryl/α,β-unsaturated/α-hetero) is 1. The zero-order chi connectivity index (χ0) is 19.0. The second-order valence-corrected chi connectivity index (χ2v) is 8.80. The molecule has 158 valence electrons. The van der Waals surface area contributed by atoms with E-state index in [0.717, 1.165) is 51.7 Å². The standard InChI is InChI=1S/C24H44O3/c25-23-17-13-9-5-1-3-7-11-15-19-24(26-21-22-27-24)20-16-12-8-4-2-6-10-14-18-23/h1-22H2. The third kappa shape index (κ3) is 10.6. The van der Waals surface area contributed by atoms with Crippen LogP contribution in [0.4, 0.5) is 0 Å². The maximum absolute atomic E-state index is 11.9. The van der Waals surface area contributed by atoms with Crippen LogP contribution < -0.4 is 0 Å². The second-order valence-electron chi connectivity index (χ2n) is 8.80. The van der Waals surface area contributed by atoms with Gasteiger partial charge in [-0.1, -0.05) is 77.0 Å². The molecule has 2 rings (SSSR count). The van der Waals surface area contributed by atoms with E-state index >= 15 is 0 Å². The van der Waals surface area contributed by atoms with Crippen molar-refractivity contribution in [3.8, 4) is 0 Å². The van der Waals surface area contributed by atoms with Crippen LogP contribution in [-0.2, 0) is 14.3 Å². The van der Waals surface area contributed by atoms with E-state index in [1.807, 2.05) is 0 Å². The summed E-state index contributed by atoms with van der Waals surface area (Å²) in [6.07, 6.45) is 24.1. The molecular formula is C24H44O3. The molecule has 1 heterocycles. The van der Waals surface area contributed by atoms with Crippen molar-refractivity contribution < 1.29 is 14.3 Å². The second kappa shape index (κ2) is 14.6. The summed E-state index contributed by atoms with van der Waals surface area (Å²) in [7, 11) is 0. The van der Waals surface area contributed by atoms with Gasteiger partial charge in [0.05, 0.1) is 13.2 Å². The lowest BCUT2D eigenvalue weighted by Gasteiger charge is -2.27. The molecule has 1 spiro atoms. The Morgan fingerprint density at radius 3 is 1.22 bits per heavy atom. The molecule has 0 aromatic carbocycles. The highest BCUT2D eigenvalue weighted by Gasteiger charge is 2.35. The van der Waals surface area contributed by atoms with E-state index in [-0.39, 0.29) is 5.79 Å². The predicted molar refractivity (Wildman–Crippen MR) is 112 cm³/mol. The van der Waals surface area contributed by atoms with Gasteiger partial charge in [-0.25, -0.2) is 0 Å². The molecule has 3 heteroatoms. The largest absolute Gasteiger partial charge is 0.348 e. The van der Waals surface area contributed by atoms with Crippen molar-refractivity contribution in [3.63, 3.8) is 0 Å². The monoisotopic (exact) mass is 380 g/mol. The third-order valence-electron chi connectivity index (χ3n) is 6.34. The van der Waals surface area contributed by atoms with E-state index in [1.165, 1.54) is 89.9 Å². The molecule has 0 aromatic rings. The van der Waals surface area contributed by atoms with E-state index in [4.69, 9.17) is 9.47 Å². The van der Waals surface area contributed by atoms with Crippen LogP contribution in [0.5, 0.6) is 0 Å². The first-order chi connectivity index (χ1) is 13.3. The summed E-state index contributed by atoms with van der Waals surface area (Å²) in [6.45, 7) is 1.56. The summed E-state index contributed by atoms with van der Waals surface area (Å²) in [5.41, 5.74) is 0. The van der Waals surface area contributed by atoms with E-state index in [2.05, 4.69) is 0 Å². The topological polar surface area (TPSA) is 35.5 Å². The molecule has 3 nitrogen and oxygen atoms in total. The Kier molecular flexibility index (Phi) is 12.3. The zero-order valence-corrected chi connectivity index (χ0v) is 17.8. The van der Waals surface area contributed by atoms with E-state index in [9.17, 15) is 4.79 Å². The Bertz CT molecular complexity index is 346. The molecule has 1 aliphatic carbocycles. The predicted octanol–water partition coefficient (Wildman–Crippen LogP) is 7.11. The first kappa shape index (κ1) is 22.9. The SMILES string of the molecule is O=C1CCCCCCCCCCC2(CCCCCCCCCC1)OCCO2. The summed E-state index contributed by atoms with van der Waals surface area (Å²) in [5.74, 6) is 0.256. The lowest BCUT2D eigenvalue weighted by Crippen LogP contribution is -2.30. The van der Waals surface area contributed by atoms with Crippen LogP contribution in [-0.4, -0.2) is 24.8 Å². The fraction of sp³-hybridized carbons (Fsp3) is 0.958. The molecule has 0 bridgehead atoms. The van der Waals surface area contributed by atoms with Crippen LogP contribution in [0.1, 0.15) is 128 Å². The summed E-state index contributed by atoms with van der Waals surface area (Å²) >= 11 is 0. The average Bonchev–Trinajstić information content (AvgIpc) is 3.13. The molecular weight excluding hydrogens is 336 g/mol. The fourth-order valence-electron chi connectivity index (χ4n) is 4.59. The van der Waals surface area contributed by atoms with Gasteiger partial charge in [-0.2, -0.15) is 0 Å². The van der Waals surface area contributed by atoms with Gasteiger partial charge in [-0.05, 0) is 25.7 Å². The quantitative estimate of drug-likeness (QED) is 0.449. The maximum atomic E-state index is 11.9. The summed E-state index contributed by atoms with van der Waals surface area (Å²) < 4.78 is 12.1. The van der Waals surface area contributed by atoms with Crippen LogP contribution in [0, 0.1) is 0 Å². The first-order valence-electron chi connectivity index (χ1n) is 12.1. The molecule has 1 saturated carbocycles. The highest BCUT2D eigenvalue weighted by molar-refractivity contribution is 5.78. The van der Waals surface area contributed by atoms with Crippen LogP contribution in [0.2, 0.25) is 0 Å². The fourth-order valence-corrected chi connectivity index (χ4v) is 4.59. The van der Waals surface area contributed by atoms with Gasteiger partial charge in [0.1, 0.15) is 5.78 Å². The minimum absolute atomic E-state index is 0.246. The molecule has 27 heavy (non-hydrogen) atoms. The Morgan fingerprint density at radius 1 is 0.481 bits per heavy atom. The van der Waals surface area contributed by atoms with Crippen molar-refractivity contribution in [3.05, 3.63) is 0 Å². The van der Waals surface area contributed by atoms with Gasteiger partial charge in [0, 0.05) is 25.7 Å². The van der Waals surface area contributed by atoms with E-state index in [1.54, 1.807) is 0 Å². The number of ketones is 1. The number of carbonyl (C=O) groups is 1.